The molecule has 1 saturated heterocycles. The fourth-order valence-electron chi connectivity index (χ4n) is 2.72. The van der Waals surface area contributed by atoms with Gasteiger partial charge in [-0.25, -0.2) is 4.68 Å². The summed E-state index contributed by atoms with van der Waals surface area (Å²) in [5.41, 5.74) is 0.0906. The Morgan fingerprint density at radius 1 is 1.57 bits per heavy atom. The second-order valence-corrected chi connectivity index (χ2v) is 5.35. The molecule has 0 radical (unpaired) electrons. The minimum Gasteiger partial charge on any atom is -0.385 e. The number of piperidine rings is 1. The van der Waals surface area contributed by atoms with Gasteiger partial charge in [0.1, 0.15) is 0 Å². The van der Waals surface area contributed by atoms with Gasteiger partial charge in [-0.1, -0.05) is 0 Å². The first kappa shape index (κ1) is 15.9. The molecular weight excluding hydrogens is 280 g/mol. The first-order valence-corrected chi connectivity index (χ1v) is 7.23. The number of amides is 1. The van der Waals surface area contributed by atoms with Crippen molar-refractivity contribution in [2.24, 2.45) is 5.92 Å². The maximum atomic E-state index is 12.5. The molecule has 118 valence electrons. The number of likely N-dealkylation sites (tertiary alicyclic amines) is 1. The zero-order valence-electron chi connectivity index (χ0n) is 12.2. The van der Waals surface area contributed by atoms with Gasteiger partial charge in [0.15, 0.2) is 5.69 Å². The standard InChI is InChI=1S/C14H21F2N3O2/c1-21-9-3-5-11-4-2-7-18(10-11)13(20)12-6-8-19(17-12)14(15)16/h6,8,11,14H,2-5,7,9-10H2,1H3. The topological polar surface area (TPSA) is 47.4 Å². The maximum absolute atomic E-state index is 12.5. The minimum absolute atomic E-state index is 0.0906. The molecule has 0 aromatic carbocycles. The fraction of sp³-hybridized carbons (Fsp3) is 0.714. The number of rotatable bonds is 6. The minimum atomic E-state index is -2.71. The molecule has 0 aliphatic carbocycles. The summed E-state index contributed by atoms with van der Waals surface area (Å²) in [5, 5.41) is 3.64. The zero-order chi connectivity index (χ0) is 15.2. The van der Waals surface area contributed by atoms with Crippen LogP contribution in [-0.4, -0.2) is 47.4 Å². The van der Waals surface area contributed by atoms with Crippen molar-refractivity contribution in [3.63, 3.8) is 0 Å². The fourth-order valence-corrected chi connectivity index (χ4v) is 2.72. The SMILES string of the molecule is COCCCC1CCCN(C(=O)c2ccn(C(F)F)n2)C1. The Labute approximate surface area is 122 Å². The highest BCUT2D eigenvalue weighted by Gasteiger charge is 2.26. The van der Waals surface area contributed by atoms with Gasteiger partial charge in [0, 0.05) is 33.0 Å². The number of methoxy groups -OCH3 is 1. The summed E-state index contributed by atoms with van der Waals surface area (Å²) in [4.78, 5) is 14.0. The smallest absolute Gasteiger partial charge is 0.333 e. The van der Waals surface area contributed by atoms with Crippen LogP contribution in [0.15, 0.2) is 12.3 Å². The molecular formula is C14H21F2N3O2. The molecule has 1 unspecified atom stereocenters. The van der Waals surface area contributed by atoms with E-state index in [1.54, 1.807) is 12.0 Å². The van der Waals surface area contributed by atoms with Crippen LogP contribution in [0.1, 0.15) is 42.7 Å². The first-order chi connectivity index (χ1) is 10.1. The summed E-state index contributed by atoms with van der Waals surface area (Å²) in [6, 6.07) is 1.35. The summed E-state index contributed by atoms with van der Waals surface area (Å²) in [6.07, 6.45) is 5.17. The molecule has 0 saturated carbocycles. The summed E-state index contributed by atoms with van der Waals surface area (Å²) < 4.78 is 30.5. The third-order valence-electron chi connectivity index (χ3n) is 3.79. The van der Waals surface area contributed by atoms with Gasteiger partial charge in [-0.15, -0.1) is 0 Å². The molecule has 1 aliphatic rings. The lowest BCUT2D eigenvalue weighted by atomic mass is 9.93. The van der Waals surface area contributed by atoms with Crippen molar-refractivity contribution in [1.29, 1.82) is 0 Å². The lowest BCUT2D eigenvalue weighted by Crippen LogP contribution is -2.40. The van der Waals surface area contributed by atoms with E-state index in [0.29, 0.717) is 23.7 Å². The first-order valence-electron chi connectivity index (χ1n) is 7.23. The van der Waals surface area contributed by atoms with E-state index in [4.69, 9.17) is 4.74 Å². The second kappa shape index (κ2) is 7.49. The number of halogens is 2. The third-order valence-corrected chi connectivity index (χ3v) is 3.79. The number of carbonyl (C=O) groups excluding carboxylic acids is 1. The molecule has 1 amide bonds. The molecule has 1 atom stereocenters. The molecule has 1 fully saturated rings. The van der Waals surface area contributed by atoms with E-state index in [1.165, 1.54) is 6.07 Å². The van der Waals surface area contributed by atoms with E-state index >= 15 is 0 Å². The Balaban J connectivity index is 1.91. The number of carbonyl (C=O) groups is 1. The monoisotopic (exact) mass is 301 g/mol. The highest BCUT2D eigenvalue weighted by Crippen LogP contribution is 2.22. The number of nitrogens with zero attached hydrogens (tertiary/aromatic N) is 3. The number of hydrogen-bond donors (Lipinski definition) is 0. The van der Waals surface area contributed by atoms with Crippen molar-refractivity contribution in [3.05, 3.63) is 18.0 Å². The van der Waals surface area contributed by atoms with Gasteiger partial charge in [0.25, 0.3) is 5.91 Å². The highest BCUT2D eigenvalue weighted by molar-refractivity contribution is 5.92. The van der Waals surface area contributed by atoms with Crippen molar-refractivity contribution in [2.75, 3.05) is 26.8 Å². The van der Waals surface area contributed by atoms with E-state index in [0.717, 1.165) is 38.5 Å². The van der Waals surface area contributed by atoms with Crippen molar-refractivity contribution in [2.45, 2.75) is 32.2 Å². The van der Waals surface area contributed by atoms with Crippen molar-refractivity contribution >= 4 is 5.91 Å². The van der Waals surface area contributed by atoms with Gasteiger partial charge in [-0.2, -0.15) is 13.9 Å². The lowest BCUT2D eigenvalue weighted by Gasteiger charge is -2.32. The van der Waals surface area contributed by atoms with Crippen LogP contribution in [0.25, 0.3) is 0 Å². The molecule has 5 nitrogen and oxygen atoms in total. The maximum Gasteiger partial charge on any atom is 0.333 e. The van der Waals surface area contributed by atoms with Gasteiger partial charge in [0.2, 0.25) is 0 Å². The van der Waals surface area contributed by atoms with Crippen LogP contribution < -0.4 is 0 Å². The van der Waals surface area contributed by atoms with Crippen LogP contribution in [0.2, 0.25) is 0 Å². The van der Waals surface area contributed by atoms with E-state index < -0.39 is 6.55 Å². The van der Waals surface area contributed by atoms with Gasteiger partial charge in [0.05, 0.1) is 0 Å². The Hall–Kier alpha value is -1.50. The quantitative estimate of drug-likeness (QED) is 0.759. The second-order valence-electron chi connectivity index (χ2n) is 5.35. The molecule has 1 aromatic rings. The van der Waals surface area contributed by atoms with Crippen LogP contribution in [0.4, 0.5) is 8.78 Å². The summed E-state index contributed by atoms with van der Waals surface area (Å²) in [5.74, 6) is 0.195. The predicted molar refractivity (Wildman–Crippen MR) is 73.2 cm³/mol. The summed E-state index contributed by atoms with van der Waals surface area (Å²) in [6.45, 7) is -0.649. The average Bonchev–Trinajstić information content (AvgIpc) is 2.97. The van der Waals surface area contributed by atoms with E-state index in [9.17, 15) is 13.6 Å². The van der Waals surface area contributed by atoms with Gasteiger partial charge < -0.3 is 9.64 Å². The summed E-state index contributed by atoms with van der Waals surface area (Å²) in [7, 11) is 1.68. The molecule has 21 heavy (non-hydrogen) atoms. The Morgan fingerprint density at radius 2 is 2.38 bits per heavy atom. The molecule has 7 heteroatoms. The van der Waals surface area contributed by atoms with E-state index in [-0.39, 0.29) is 11.6 Å². The van der Waals surface area contributed by atoms with Crippen LogP contribution in [0.5, 0.6) is 0 Å². The molecule has 0 N–H and O–H groups in total. The molecule has 2 heterocycles. The molecule has 2 rings (SSSR count). The molecule has 0 spiro atoms. The Morgan fingerprint density at radius 3 is 3.05 bits per heavy atom. The lowest BCUT2D eigenvalue weighted by molar-refractivity contribution is 0.0540. The average molecular weight is 301 g/mol. The van der Waals surface area contributed by atoms with Gasteiger partial charge in [-0.05, 0) is 37.7 Å². The highest BCUT2D eigenvalue weighted by atomic mass is 19.3. The Bertz CT molecular complexity index is 465. The normalized spacial score (nSPS) is 19.2. The predicted octanol–water partition coefficient (Wildman–Crippen LogP) is 2.56. The number of ether oxygens (including phenoxy) is 1. The summed E-state index contributed by atoms with van der Waals surface area (Å²) >= 11 is 0. The largest absolute Gasteiger partial charge is 0.385 e. The van der Waals surface area contributed by atoms with Crippen LogP contribution in [0, 0.1) is 5.92 Å². The third kappa shape index (κ3) is 4.23. The van der Waals surface area contributed by atoms with Crippen LogP contribution >= 0.6 is 0 Å². The van der Waals surface area contributed by atoms with Crippen LogP contribution in [0.3, 0.4) is 0 Å². The van der Waals surface area contributed by atoms with E-state index in [2.05, 4.69) is 5.10 Å². The Kier molecular flexibility index (Phi) is 5.67. The number of hydrogen-bond acceptors (Lipinski definition) is 3. The number of alkyl halides is 2. The van der Waals surface area contributed by atoms with Crippen molar-refractivity contribution in [1.82, 2.24) is 14.7 Å². The van der Waals surface area contributed by atoms with Crippen molar-refractivity contribution < 1.29 is 18.3 Å². The molecule has 1 aromatic heterocycles. The van der Waals surface area contributed by atoms with Crippen molar-refractivity contribution in [3.8, 4) is 0 Å². The van der Waals surface area contributed by atoms with Gasteiger partial charge in [-0.3, -0.25) is 4.79 Å². The molecule has 0 bridgehead atoms. The number of aromatic nitrogens is 2. The van der Waals surface area contributed by atoms with Gasteiger partial charge >= 0.3 is 6.55 Å². The van der Waals surface area contributed by atoms with E-state index in [1.807, 2.05) is 0 Å². The molecule has 1 aliphatic heterocycles. The zero-order valence-corrected chi connectivity index (χ0v) is 12.2. The van der Waals surface area contributed by atoms with Crippen LogP contribution in [-0.2, 0) is 4.74 Å².